The van der Waals surface area contributed by atoms with Gasteiger partial charge in [0.15, 0.2) is 11.1 Å². The Morgan fingerprint density at radius 2 is 1.39 bits per heavy atom. The summed E-state index contributed by atoms with van der Waals surface area (Å²) in [6.07, 6.45) is 5.94. The summed E-state index contributed by atoms with van der Waals surface area (Å²) >= 11 is -1.87. The summed E-state index contributed by atoms with van der Waals surface area (Å²) in [7, 11) is 0. The van der Waals surface area contributed by atoms with Gasteiger partial charge in [-0.2, -0.15) is 0 Å². The van der Waals surface area contributed by atoms with Crippen LogP contribution < -0.4 is 0 Å². The third-order valence-corrected chi connectivity index (χ3v) is 3.93. The molecule has 2 nitrogen and oxygen atoms in total. The van der Waals surface area contributed by atoms with Gasteiger partial charge in [0.05, 0.1) is 4.90 Å². The van der Waals surface area contributed by atoms with Crippen molar-refractivity contribution in [1.29, 1.82) is 0 Å². The molecule has 1 aromatic carbocycles. The zero-order valence-electron chi connectivity index (χ0n) is 11.7. The Balaban J connectivity index is 3.29. The highest BCUT2D eigenvalue weighted by molar-refractivity contribution is 7.79. The quantitative estimate of drug-likeness (QED) is 0.755. The zero-order chi connectivity index (χ0) is 13.5. The molecular weight excluding hydrogens is 244 g/mol. The first-order valence-corrected chi connectivity index (χ1v) is 8.00. The Morgan fingerprint density at radius 3 is 1.72 bits per heavy atom. The van der Waals surface area contributed by atoms with Gasteiger partial charge in [0.25, 0.3) is 0 Å². The second kappa shape index (κ2) is 7.70. The Morgan fingerprint density at radius 1 is 0.944 bits per heavy atom. The molecule has 3 heteroatoms. The number of aryl methyl sites for hydroxylation is 3. The van der Waals surface area contributed by atoms with E-state index in [1.807, 2.05) is 0 Å². The lowest BCUT2D eigenvalue weighted by molar-refractivity contribution is 0.561. The van der Waals surface area contributed by atoms with E-state index in [2.05, 4.69) is 32.9 Å². The van der Waals surface area contributed by atoms with E-state index in [-0.39, 0.29) is 0 Å². The molecule has 0 aliphatic rings. The van der Waals surface area contributed by atoms with Crippen LogP contribution in [-0.2, 0) is 30.3 Å². The SMILES string of the molecule is CCCc1cc(CCC)c(S(=O)O)c(CCC)c1. The number of rotatable bonds is 7. The fourth-order valence-corrected chi connectivity index (χ4v) is 3.16. The van der Waals surface area contributed by atoms with Crippen molar-refractivity contribution >= 4 is 11.1 Å². The van der Waals surface area contributed by atoms with Gasteiger partial charge in [-0.25, -0.2) is 4.21 Å². The Labute approximate surface area is 113 Å². The normalized spacial score (nSPS) is 12.7. The van der Waals surface area contributed by atoms with E-state index >= 15 is 0 Å². The third-order valence-electron chi connectivity index (χ3n) is 3.05. The van der Waals surface area contributed by atoms with E-state index in [4.69, 9.17) is 0 Å². The summed E-state index contributed by atoms with van der Waals surface area (Å²) in [5.74, 6) is 0. The molecular formula is C15H24O2S. The van der Waals surface area contributed by atoms with Crippen LogP contribution in [0.1, 0.15) is 56.7 Å². The van der Waals surface area contributed by atoms with Gasteiger partial charge in [-0.1, -0.05) is 52.2 Å². The zero-order valence-corrected chi connectivity index (χ0v) is 12.5. The maximum Gasteiger partial charge on any atom is 0.187 e. The minimum Gasteiger partial charge on any atom is -0.302 e. The Kier molecular flexibility index (Phi) is 6.58. The molecule has 0 saturated carbocycles. The van der Waals surface area contributed by atoms with Gasteiger partial charge in [-0.3, -0.25) is 0 Å². The molecule has 1 rings (SSSR count). The molecule has 0 aliphatic heterocycles. The van der Waals surface area contributed by atoms with E-state index in [0.29, 0.717) is 4.90 Å². The van der Waals surface area contributed by atoms with Gasteiger partial charge < -0.3 is 4.55 Å². The van der Waals surface area contributed by atoms with Crippen molar-refractivity contribution in [3.8, 4) is 0 Å². The molecule has 0 aromatic heterocycles. The minimum absolute atomic E-state index is 0.665. The number of benzene rings is 1. The number of hydrogen-bond acceptors (Lipinski definition) is 1. The van der Waals surface area contributed by atoms with Crippen molar-refractivity contribution in [3.63, 3.8) is 0 Å². The fourth-order valence-electron chi connectivity index (χ4n) is 2.39. The third kappa shape index (κ3) is 3.92. The molecule has 1 atom stereocenters. The largest absolute Gasteiger partial charge is 0.302 e. The van der Waals surface area contributed by atoms with Crippen LogP contribution in [0.3, 0.4) is 0 Å². The van der Waals surface area contributed by atoms with E-state index in [0.717, 1.165) is 49.7 Å². The summed E-state index contributed by atoms with van der Waals surface area (Å²) in [6.45, 7) is 6.38. The highest BCUT2D eigenvalue weighted by atomic mass is 32.2. The summed E-state index contributed by atoms with van der Waals surface area (Å²) in [5.41, 5.74) is 3.43. The average Bonchev–Trinajstić information content (AvgIpc) is 2.29. The first-order chi connectivity index (χ1) is 8.63. The van der Waals surface area contributed by atoms with Crippen molar-refractivity contribution in [2.75, 3.05) is 0 Å². The fraction of sp³-hybridized carbons (Fsp3) is 0.600. The smallest absolute Gasteiger partial charge is 0.187 e. The molecule has 0 aliphatic carbocycles. The first kappa shape index (κ1) is 15.4. The van der Waals surface area contributed by atoms with Crippen LogP contribution in [0.15, 0.2) is 17.0 Å². The summed E-state index contributed by atoms with van der Waals surface area (Å²) in [6, 6.07) is 4.24. The van der Waals surface area contributed by atoms with Gasteiger partial charge in [0.1, 0.15) is 0 Å². The lowest BCUT2D eigenvalue weighted by Crippen LogP contribution is -2.04. The molecule has 102 valence electrons. The van der Waals surface area contributed by atoms with Crippen LogP contribution in [-0.4, -0.2) is 8.76 Å². The molecule has 1 aromatic rings. The molecule has 0 heterocycles. The standard InChI is InChI=1S/C15H24O2S/c1-4-7-12-10-13(8-5-2)15(18(16)17)14(11-12)9-6-3/h10-11H,4-9H2,1-3H3,(H,16,17). The molecule has 0 amide bonds. The minimum atomic E-state index is -1.87. The summed E-state index contributed by atoms with van der Waals surface area (Å²) in [5, 5.41) is 0. The molecule has 1 N–H and O–H groups in total. The second-order valence-corrected chi connectivity index (χ2v) is 5.65. The van der Waals surface area contributed by atoms with E-state index in [1.54, 1.807) is 0 Å². The predicted molar refractivity (Wildman–Crippen MR) is 77.5 cm³/mol. The van der Waals surface area contributed by atoms with Crippen LogP contribution in [0.25, 0.3) is 0 Å². The van der Waals surface area contributed by atoms with E-state index < -0.39 is 11.1 Å². The van der Waals surface area contributed by atoms with Crippen LogP contribution >= 0.6 is 0 Å². The van der Waals surface area contributed by atoms with Crippen LogP contribution in [0.5, 0.6) is 0 Å². The average molecular weight is 268 g/mol. The van der Waals surface area contributed by atoms with Crippen molar-refractivity contribution in [2.24, 2.45) is 0 Å². The van der Waals surface area contributed by atoms with Crippen molar-refractivity contribution < 1.29 is 8.76 Å². The van der Waals surface area contributed by atoms with E-state index in [9.17, 15) is 8.76 Å². The lowest BCUT2D eigenvalue weighted by Gasteiger charge is -2.14. The van der Waals surface area contributed by atoms with Gasteiger partial charge in [0, 0.05) is 0 Å². The maximum absolute atomic E-state index is 11.6. The highest BCUT2D eigenvalue weighted by Crippen LogP contribution is 2.24. The van der Waals surface area contributed by atoms with Crippen LogP contribution in [0.2, 0.25) is 0 Å². The summed E-state index contributed by atoms with van der Waals surface area (Å²) < 4.78 is 21.1. The topological polar surface area (TPSA) is 37.3 Å². The molecule has 0 radical (unpaired) electrons. The van der Waals surface area contributed by atoms with Crippen molar-refractivity contribution in [1.82, 2.24) is 0 Å². The molecule has 0 saturated heterocycles. The van der Waals surface area contributed by atoms with Crippen LogP contribution in [0.4, 0.5) is 0 Å². The maximum atomic E-state index is 11.6. The first-order valence-electron chi connectivity index (χ1n) is 6.89. The predicted octanol–water partition coefficient (Wildman–Crippen LogP) is 4.12. The molecule has 0 spiro atoms. The molecule has 1 unspecified atom stereocenters. The molecule has 0 fully saturated rings. The van der Waals surface area contributed by atoms with Gasteiger partial charge in [-0.05, 0) is 36.0 Å². The Hall–Kier alpha value is -0.670. The van der Waals surface area contributed by atoms with Gasteiger partial charge in [0.2, 0.25) is 0 Å². The van der Waals surface area contributed by atoms with Crippen molar-refractivity contribution in [2.45, 2.75) is 64.2 Å². The van der Waals surface area contributed by atoms with Gasteiger partial charge >= 0.3 is 0 Å². The molecule has 18 heavy (non-hydrogen) atoms. The summed E-state index contributed by atoms with van der Waals surface area (Å²) in [4.78, 5) is 0.665. The van der Waals surface area contributed by atoms with E-state index in [1.165, 1.54) is 5.56 Å². The van der Waals surface area contributed by atoms with Gasteiger partial charge in [-0.15, -0.1) is 0 Å². The lowest BCUT2D eigenvalue weighted by atomic mass is 9.97. The van der Waals surface area contributed by atoms with Crippen LogP contribution in [0, 0.1) is 0 Å². The number of hydrogen-bond donors (Lipinski definition) is 1. The monoisotopic (exact) mass is 268 g/mol. The molecule has 0 bridgehead atoms. The highest BCUT2D eigenvalue weighted by Gasteiger charge is 2.14. The second-order valence-electron chi connectivity index (χ2n) is 4.74. The Bertz CT molecular complexity index is 386. The van der Waals surface area contributed by atoms with Crippen molar-refractivity contribution in [3.05, 3.63) is 28.8 Å².